The van der Waals surface area contributed by atoms with Crippen molar-refractivity contribution in [3.05, 3.63) is 54.2 Å². The van der Waals surface area contributed by atoms with Crippen LogP contribution in [0.1, 0.15) is 0 Å². The molecule has 1 N–H and O–H groups in total. The summed E-state index contributed by atoms with van der Waals surface area (Å²) in [4.78, 5) is 8.72. The van der Waals surface area contributed by atoms with E-state index in [0.717, 1.165) is 12.1 Å². The lowest BCUT2D eigenvalue weighted by Crippen LogP contribution is -2.01. The van der Waals surface area contributed by atoms with Crippen LogP contribution in [0.2, 0.25) is 0 Å². The number of rotatable bonds is 6. The molecule has 154 valence electrons. The maximum absolute atomic E-state index is 14.0. The molecule has 0 atom stereocenters. The van der Waals surface area contributed by atoms with E-state index in [1.54, 1.807) is 24.4 Å². The molecule has 10 heteroatoms. The summed E-state index contributed by atoms with van der Waals surface area (Å²) in [5, 5.41) is 7.11. The third kappa shape index (κ3) is 3.43. The Kier molecular flexibility index (Phi) is 5.05. The van der Waals surface area contributed by atoms with Crippen molar-refractivity contribution in [3.8, 4) is 28.6 Å². The van der Waals surface area contributed by atoms with Crippen LogP contribution in [0, 0.1) is 11.6 Å². The zero-order valence-electron chi connectivity index (χ0n) is 16.3. The summed E-state index contributed by atoms with van der Waals surface area (Å²) in [5.74, 6) is 0.513. The topological polar surface area (TPSA) is 82.8 Å². The van der Waals surface area contributed by atoms with Gasteiger partial charge in [-0.15, -0.1) is 5.10 Å². The number of hydrogen-bond acceptors (Lipinski definition) is 7. The third-order valence-electron chi connectivity index (χ3n) is 4.35. The van der Waals surface area contributed by atoms with Crippen molar-refractivity contribution < 1.29 is 23.0 Å². The number of halogens is 2. The van der Waals surface area contributed by atoms with Crippen LogP contribution in [-0.4, -0.2) is 40.9 Å². The lowest BCUT2D eigenvalue weighted by Gasteiger charge is -2.14. The molecule has 2 aromatic carbocycles. The zero-order valence-corrected chi connectivity index (χ0v) is 16.3. The predicted octanol–water partition coefficient (Wildman–Crippen LogP) is 3.84. The van der Waals surface area contributed by atoms with Gasteiger partial charge in [0.25, 0.3) is 0 Å². The van der Waals surface area contributed by atoms with Crippen LogP contribution >= 0.6 is 0 Å². The number of ether oxygens (including phenoxy) is 3. The zero-order chi connectivity index (χ0) is 21.3. The summed E-state index contributed by atoms with van der Waals surface area (Å²) in [7, 11) is 4.55. The maximum atomic E-state index is 14.0. The van der Waals surface area contributed by atoms with Crippen molar-refractivity contribution in [2.24, 2.45) is 0 Å². The summed E-state index contributed by atoms with van der Waals surface area (Å²) >= 11 is 0. The van der Waals surface area contributed by atoms with Crippen molar-refractivity contribution in [3.63, 3.8) is 0 Å². The molecule has 0 aliphatic rings. The molecule has 0 amide bonds. The average Bonchev–Trinajstić information content (AvgIpc) is 3.17. The van der Waals surface area contributed by atoms with Crippen LogP contribution in [0.3, 0.4) is 0 Å². The molecule has 0 spiro atoms. The smallest absolute Gasteiger partial charge is 0.247 e. The van der Waals surface area contributed by atoms with E-state index in [2.05, 4.69) is 20.4 Å². The summed E-state index contributed by atoms with van der Waals surface area (Å²) in [5.41, 5.74) is 1.16. The van der Waals surface area contributed by atoms with Gasteiger partial charge in [-0.3, -0.25) is 0 Å². The second kappa shape index (κ2) is 7.82. The molecule has 0 radical (unpaired) electrons. The normalized spacial score (nSPS) is 10.8. The third-order valence-corrected chi connectivity index (χ3v) is 4.35. The van der Waals surface area contributed by atoms with E-state index in [-0.39, 0.29) is 11.6 Å². The average molecular weight is 413 g/mol. The van der Waals surface area contributed by atoms with Gasteiger partial charge >= 0.3 is 0 Å². The molecule has 0 saturated carbocycles. The van der Waals surface area contributed by atoms with Crippen molar-refractivity contribution in [1.29, 1.82) is 0 Å². The number of methoxy groups -OCH3 is 3. The van der Waals surface area contributed by atoms with E-state index < -0.39 is 11.6 Å². The molecule has 30 heavy (non-hydrogen) atoms. The van der Waals surface area contributed by atoms with Crippen molar-refractivity contribution in [1.82, 2.24) is 19.6 Å². The molecule has 4 aromatic rings. The highest BCUT2D eigenvalue weighted by Gasteiger charge is 2.18. The first-order valence-electron chi connectivity index (χ1n) is 8.78. The fraction of sp³-hybridized carbons (Fsp3) is 0.150. The SMILES string of the molecule is COc1cc(-c2nccc3nc(Nc4ccc(F)cc4F)nn23)cc(OC)c1OC. The van der Waals surface area contributed by atoms with Gasteiger partial charge in [0.1, 0.15) is 11.6 Å². The minimum absolute atomic E-state index is 0.0506. The molecule has 0 aliphatic carbocycles. The van der Waals surface area contributed by atoms with Crippen molar-refractivity contribution in [2.75, 3.05) is 26.6 Å². The van der Waals surface area contributed by atoms with Crippen LogP contribution in [0.5, 0.6) is 17.2 Å². The number of aromatic nitrogens is 4. The maximum Gasteiger partial charge on any atom is 0.247 e. The Hall–Kier alpha value is -3.95. The van der Waals surface area contributed by atoms with Crippen LogP contribution in [0.15, 0.2) is 42.6 Å². The van der Waals surface area contributed by atoms with E-state index in [4.69, 9.17) is 14.2 Å². The Morgan fingerprint density at radius 3 is 2.30 bits per heavy atom. The monoisotopic (exact) mass is 413 g/mol. The molecule has 4 rings (SSSR count). The van der Waals surface area contributed by atoms with Gasteiger partial charge in [-0.25, -0.2) is 13.8 Å². The summed E-state index contributed by atoms with van der Waals surface area (Å²) < 4.78 is 44.7. The van der Waals surface area contributed by atoms with Crippen LogP contribution in [-0.2, 0) is 0 Å². The predicted molar refractivity (Wildman–Crippen MR) is 106 cm³/mol. The second-order valence-corrected chi connectivity index (χ2v) is 6.14. The van der Waals surface area contributed by atoms with Gasteiger partial charge < -0.3 is 19.5 Å². The molecule has 2 heterocycles. The van der Waals surface area contributed by atoms with Gasteiger partial charge in [-0.05, 0) is 24.3 Å². The Balaban J connectivity index is 1.79. The minimum Gasteiger partial charge on any atom is -0.493 e. The molecular formula is C20H17F2N5O3. The van der Waals surface area contributed by atoms with E-state index in [1.807, 2.05) is 0 Å². The molecule has 8 nitrogen and oxygen atoms in total. The quantitative estimate of drug-likeness (QED) is 0.514. The summed E-state index contributed by atoms with van der Waals surface area (Å²) in [6, 6.07) is 8.32. The number of nitrogens with one attached hydrogen (secondary N) is 1. The largest absolute Gasteiger partial charge is 0.493 e. The summed E-state index contributed by atoms with van der Waals surface area (Å²) in [6.45, 7) is 0. The number of nitrogens with zero attached hydrogens (tertiary/aromatic N) is 4. The molecule has 0 fully saturated rings. The molecule has 0 aliphatic heterocycles. The molecule has 0 saturated heterocycles. The van der Waals surface area contributed by atoms with Gasteiger partial charge in [0.05, 0.1) is 27.0 Å². The Bertz CT molecular complexity index is 1200. The molecular weight excluding hydrogens is 396 g/mol. The highest BCUT2D eigenvalue weighted by atomic mass is 19.1. The first-order chi connectivity index (χ1) is 14.5. The van der Waals surface area contributed by atoms with E-state index in [1.165, 1.54) is 31.9 Å². The fourth-order valence-electron chi connectivity index (χ4n) is 2.99. The highest BCUT2D eigenvalue weighted by molar-refractivity contribution is 5.68. The van der Waals surface area contributed by atoms with Gasteiger partial charge in [-0.2, -0.15) is 9.50 Å². The number of anilines is 2. The first-order valence-corrected chi connectivity index (χ1v) is 8.78. The van der Waals surface area contributed by atoms with E-state index >= 15 is 0 Å². The standard InChI is InChI=1S/C20H17F2N5O3/c1-28-15-8-11(9-16(29-2)18(15)30-3)19-23-7-6-17-25-20(26-27(17)19)24-14-5-4-12(21)10-13(14)22/h4-10H,1-3H3,(H,24,26). The first kappa shape index (κ1) is 19.4. The fourth-order valence-corrected chi connectivity index (χ4v) is 2.99. The van der Waals surface area contributed by atoms with Gasteiger partial charge in [0.15, 0.2) is 23.0 Å². The number of benzene rings is 2. The van der Waals surface area contributed by atoms with Crippen LogP contribution < -0.4 is 19.5 Å². The van der Waals surface area contributed by atoms with Crippen LogP contribution in [0.4, 0.5) is 20.4 Å². The highest BCUT2D eigenvalue weighted by Crippen LogP contribution is 2.40. The number of fused-ring (bicyclic) bond motifs is 1. The molecule has 0 unspecified atom stereocenters. The lowest BCUT2D eigenvalue weighted by molar-refractivity contribution is 0.324. The van der Waals surface area contributed by atoms with E-state index in [0.29, 0.717) is 34.3 Å². The lowest BCUT2D eigenvalue weighted by atomic mass is 10.1. The van der Waals surface area contributed by atoms with Gasteiger partial charge in [-0.1, -0.05) is 0 Å². The van der Waals surface area contributed by atoms with Gasteiger partial charge in [0, 0.05) is 23.9 Å². The molecule has 0 bridgehead atoms. The summed E-state index contributed by atoms with van der Waals surface area (Å²) in [6.07, 6.45) is 1.57. The molecule has 2 aromatic heterocycles. The Morgan fingerprint density at radius 1 is 0.933 bits per heavy atom. The number of hydrogen-bond donors (Lipinski definition) is 1. The van der Waals surface area contributed by atoms with Crippen molar-refractivity contribution >= 4 is 17.3 Å². The van der Waals surface area contributed by atoms with Crippen molar-refractivity contribution in [2.45, 2.75) is 0 Å². The van der Waals surface area contributed by atoms with Gasteiger partial charge in [0.2, 0.25) is 11.7 Å². The van der Waals surface area contributed by atoms with E-state index in [9.17, 15) is 8.78 Å². The Morgan fingerprint density at radius 2 is 1.67 bits per heavy atom. The second-order valence-electron chi connectivity index (χ2n) is 6.14. The van der Waals surface area contributed by atoms with Crippen LogP contribution in [0.25, 0.3) is 17.0 Å². The Labute approximate surface area is 170 Å². The minimum atomic E-state index is -0.753.